The third-order valence-corrected chi connectivity index (χ3v) is 7.57. The van der Waals surface area contributed by atoms with Crippen molar-refractivity contribution in [3.63, 3.8) is 0 Å². The molecule has 0 aliphatic carbocycles. The van der Waals surface area contributed by atoms with Crippen LogP contribution in [-0.4, -0.2) is 56.1 Å². The van der Waals surface area contributed by atoms with E-state index in [1.54, 1.807) is 4.31 Å². The van der Waals surface area contributed by atoms with Crippen molar-refractivity contribution >= 4 is 15.9 Å². The molecule has 2 saturated heterocycles. The lowest BCUT2D eigenvalue weighted by Crippen LogP contribution is -2.42. The second kappa shape index (κ2) is 8.97. The highest BCUT2D eigenvalue weighted by Gasteiger charge is 2.40. The van der Waals surface area contributed by atoms with Gasteiger partial charge in [-0.25, -0.2) is 12.7 Å². The average molecular weight is 380 g/mol. The Balaban J connectivity index is 1.42. The van der Waals surface area contributed by atoms with Gasteiger partial charge in [-0.15, -0.1) is 0 Å². The zero-order valence-corrected chi connectivity index (χ0v) is 16.0. The van der Waals surface area contributed by atoms with Crippen LogP contribution in [0, 0.1) is 0 Å². The maximum absolute atomic E-state index is 12.7. The normalized spacial score (nSPS) is 24.5. The van der Waals surface area contributed by atoms with E-state index in [2.05, 4.69) is 22.8 Å². The summed E-state index contributed by atoms with van der Waals surface area (Å²) in [5, 5.41) is 5.54. The highest BCUT2D eigenvalue weighted by atomic mass is 32.2. The van der Waals surface area contributed by atoms with Crippen LogP contribution in [0.2, 0.25) is 0 Å². The van der Waals surface area contributed by atoms with Gasteiger partial charge in [0.2, 0.25) is 15.9 Å². The SMILES string of the molecule is O=C(NCCCc1ccccc1)C1CC(S(=O)(=O)N2CCCCC2)CN1. The molecule has 6 nitrogen and oxygen atoms in total. The van der Waals surface area contributed by atoms with Gasteiger partial charge in [-0.1, -0.05) is 36.8 Å². The molecule has 3 rings (SSSR count). The molecule has 2 atom stereocenters. The van der Waals surface area contributed by atoms with Crippen molar-refractivity contribution in [2.24, 2.45) is 0 Å². The topological polar surface area (TPSA) is 78.5 Å². The molecule has 26 heavy (non-hydrogen) atoms. The Morgan fingerprint density at radius 2 is 1.88 bits per heavy atom. The van der Waals surface area contributed by atoms with Crippen LogP contribution in [0.5, 0.6) is 0 Å². The number of carbonyl (C=O) groups is 1. The summed E-state index contributed by atoms with van der Waals surface area (Å²) < 4.78 is 27.1. The minimum absolute atomic E-state index is 0.0885. The number of hydrogen-bond acceptors (Lipinski definition) is 4. The zero-order chi connectivity index (χ0) is 18.4. The highest BCUT2D eigenvalue weighted by molar-refractivity contribution is 7.89. The number of hydrogen-bond donors (Lipinski definition) is 2. The average Bonchev–Trinajstić information content (AvgIpc) is 3.18. The number of aryl methyl sites for hydroxylation is 1. The summed E-state index contributed by atoms with van der Waals surface area (Å²) in [5.41, 5.74) is 1.26. The van der Waals surface area contributed by atoms with E-state index < -0.39 is 21.3 Å². The Bertz CT molecular complexity index is 687. The molecule has 2 unspecified atom stereocenters. The van der Waals surface area contributed by atoms with Gasteiger partial charge in [0, 0.05) is 26.2 Å². The van der Waals surface area contributed by atoms with Crippen LogP contribution in [0.25, 0.3) is 0 Å². The molecule has 0 aromatic heterocycles. The number of amides is 1. The van der Waals surface area contributed by atoms with Gasteiger partial charge < -0.3 is 10.6 Å². The summed E-state index contributed by atoms with van der Waals surface area (Å²) in [6, 6.07) is 9.77. The van der Waals surface area contributed by atoms with Gasteiger partial charge in [0.05, 0.1) is 11.3 Å². The second-order valence-corrected chi connectivity index (χ2v) is 9.42. The first-order valence-electron chi connectivity index (χ1n) is 9.61. The Hall–Kier alpha value is -1.44. The van der Waals surface area contributed by atoms with Crippen molar-refractivity contribution in [1.82, 2.24) is 14.9 Å². The third-order valence-electron chi connectivity index (χ3n) is 5.29. The Labute approximate surface area is 156 Å². The predicted molar refractivity (Wildman–Crippen MR) is 102 cm³/mol. The molecular weight excluding hydrogens is 350 g/mol. The highest BCUT2D eigenvalue weighted by Crippen LogP contribution is 2.22. The van der Waals surface area contributed by atoms with E-state index in [0.29, 0.717) is 32.6 Å². The fourth-order valence-electron chi connectivity index (χ4n) is 3.73. The number of nitrogens with zero attached hydrogens (tertiary/aromatic N) is 1. The predicted octanol–water partition coefficient (Wildman–Crippen LogP) is 1.28. The van der Waals surface area contributed by atoms with E-state index in [1.807, 2.05) is 18.2 Å². The van der Waals surface area contributed by atoms with E-state index in [4.69, 9.17) is 0 Å². The number of rotatable bonds is 7. The molecular formula is C19H29N3O3S. The summed E-state index contributed by atoms with van der Waals surface area (Å²) in [6.45, 7) is 2.21. The summed E-state index contributed by atoms with van der Waals surface area (Å²) in [5.74, 6) is -0.0885. The smallest absolute Gasteiger partial charge is 0.237 e. The van der Waals surface area contributed by atoms with Gasteiger partial charge in [0.15, 0.2) is 0 Å². The standard InChI is InChI=1S/C19H29N3O3S/c23-19(20-11-7-10-16-8-3-1-4-9-16)18-14-17(15-21-18)26(24,25)22-12-5-2-6-13-22/h1,3-4,8-9,17-18,21H,2,5-7,10-15H2,(H,20,23). The molecule has 2 heterocycles. The third kappa shape index (κ3) is 4.84. The number of sulfonamides is 1. The minimum Gasteiger partial charge on any atom is -0.355 e. The monoisotopic (exact) mass is 379 g/mol. The Kier molecular flexibility index (Phi) is 6.67. The molecule has 144 valence electrons. The summed E-state index contributed by atoms with van der Waals surface area (Å²) >= 11 is 0. The quantitative estimate of drug-likeness (QED) is 0.700. The number of nitrogens with one attached hydrogen (secondary N) is 2. The van der Waals surface area contributed by atoms with Crippen LogP contribution >= 0.6 is 0 Å². The van der Waals surface area contributed by atoms with E-state index >= 15 is 0 Å². The van der Waals surface area contributed by atoms with Crippen LogP contribution in [0.1, 0.15) is 37.7 Å². The molecule has 2 N–H and O–H groups in total. The molecule has 1 aromatic carbocycles. The lowest BCUT2D eigenvalue weighted by atomic mass is 10.1. The molecule has 0 spiro atoms. The Morgan fingerprint density at radius 1 is 1.15 bits per heavy atom. The summed E-state index contributed by atoms with van der Waals surface area (Å²) in [6.07, 6.45) is 5.13. The Morgan fingerprint density at radius 3 is 2.62 bits per heavy atom. The molecule has 0 saturated carbocycles. The van der Waals surface area contributed by atoms with Crippen LogP contribution in [0.4, 0.5) is 0 Å². The van der Waals surface area contributed by atoms with Gasteiger partial charge in [0.1, 0.15) is 0 Å². The molecule has 0 bridgehead atoms. The minimum atomic E-state index is -3.30. The van der Waals surface area contributed by atoms with Crippen LogP contribution < -0.4 is 10.6 Å². The van der Waals surface area contributed by atoms with Crippen LogP contribution in [0.15, 0.2) is 30.3 Å². The second-order valence-electron chi connectivity index (χ2n) is 7.20. The number of benzene rings is 1. The maximum Gasteiger partial charge on any atom is 0.237 e. The van der Waals surface area contributed by atoms with E-state index in [-0.39, 0.29) is 5.91 Å². The lowest BCUT2D eigenvalue weighted by molar-refractivity contribution is -0.122. The number of carbonyl (C=O) groups excluding carboxylic acids is 1. The van der Waals surface area contributed by atoms with E-state index in [9.17, 15) is 13.2 Å². The van der Waals surface area contributed by atoms with Gasteiger partial charge in [0.25, 0.3) is 0 Å². The molecule has 1 amide bonds. The van der Waals surface area contributed by atoms with Gasteiger partial charge in [-0.2, -0.15) is 0 Å². The van der Waals surface area contributed by atoms with Crippen molar-refractivity contribution in [2.75, 3.05) is 26.2 Å². The molecule has 0 radical (unpaired) electrons. The molecule has 2 fully saturated rings. The first kappa shape index (κ1) is 19.3. The van der Waals surface area contributed by atoms with Crippen molar-refractivity contribution in [1.29, 1.82) is 0 Å². The maximum atomic E-state index is 12.7. The van der Waals surface area contributed by atoms with Crippen molar-refractivity contribution in [3.05, 3.63) is 35.9 Å². The van der Waals surface area contributed by atoms with Gasteiger partial charge >= 0.3 is 0 Å². The van der Waals surface area contributed by atoms with Crippen molar-refractivity contribution in [2.45, 2.75) is 49.8 Å². The molecule has 2 aliphatic rings. The summed E-state index contributed by atoms with van der Waals surface area (Å²) in [7, 11) is -3.30. The number of piperidine rings is 1. The fraction of sp³-hybridized carbons (Fsp3) is 0.632. The molecule has 1 aromatic rings. The van der Waals surface area contributed by atoms with Crippen molar-refractivity contribution in [3.8, 4) is 0 Å². The van der Waals surface area contributed by atoms with Gasteiger partial charge in [-0.3, -0.25) is 4.79 Å². The van der Waals surface area contributed by atoms with E-state index in [0.717, 1.165) is 32.1 Å². The fourth-order valence-corrected chi connectivity index (χ4v) is 5.66. The van der Waals surface area contributed by atoms with Crippen LogP contribution in [-0.2, 0) is 21.2 Å². The molecule has 7 heteroatoms. The zero-order valence-electron chi connectivity index (χ0n) is 15.2. The summed E-state index contributed by atoms with van der Waals surface area (Å²) in [4.78, 5) is 12.3. The molecule has 2 aliphatic heterocycles. The lowest BCUT2D eigenvalue weighted by Gasteiger charge is -2.28. The largest absolute Gasteiger partial charge is 0.355 e. The van der Waals surface area contributed by atoms with Crippen LogP contribution in [0.3, 0.4) is 0 Å². The van der Waals surface area contributed by atoms with Crippen molar-refractivity contribution < 1.29 is 13.2 Å². The first-order chi connectivity index (χ1) is 12.6. The van der Waals surface area contributed by atoms with Gasteiger partial charge in [-0.05, 0) is 37.7 Å². The van der Waals surface area contributed by atoms with E-state index in [1.165, 1.54) is 5.56 Å². The first-order valence-corrected chi connectivity index (χ1v) is 11.1.